The first kappa shape index (κ1) is 8.55. The van der Waals surface area contributed by atoms with Crippen molar-refractivity contribution in [3.05, 3.63) is 48.6 Å². The van der Waals surface area contributed by atoms with Gasteiger partial charge in [-0.3, -0.25) is 0 Å². The highest BCUT2D eigenvalue weighted by molar-refractivity contribution is 5.21. The van der Waals surface area contributed by atoms with Crippen LogP contribution in [0, 0.1) is 5.92 Å². The fraction of sp³-hybridized carbons (Fsp3) is 0.385. The van der Waals surface area contributed by atoms with Gasteiger partial charge in [0.15, 0.2) is 0 Å². The molecule has 68 valence electrons. The molecule has 0 N–H and O–H groups in total. The van der Waals surface area contributed by atoms with E-state index in [2.05, 4.69) is 43.0 Å². The molecule has 1 saturated carbocycles. The van der Waals surface area contributed by atoms with E-state index in [9.17, 15) is 0 Å². The predicted molar refractivity (Wildman–Crippen MR) is 56.7 cm³/mol. The van der Waals surface area contributed by atoms with Gasteiger partial charge in [-0.2, -0.15) is 0 Å². The normalized spacial score (nSPS) is 27.4. The van der Waals surface area contributed by atoms with Crippen LogP contribution in [0.1, 0.15) is 30.7 Å². The number of hydrogen-bond donors (Lipinski definition) is 0. The van der Waals surface area contributed by atoms with Crippen molar-refractivity contribution in [3.8, 4) is 0 Å². The highest BCUT2D eigenvalue weighted by Gasteiger charge is 2.23. The highest BCUT2D eigenvalue weighted by atomic mass is 14.3. The minimum Gasteiger partial charge on any atom is -0.103 e. The van der Waals surface area contributed by atoms with Gasteiger partial charge in [0.1, 0.15) is 0 Å². The van der Waals surface area contributed by atoms with Crippen LogP contribution in [0.3, 0.4) is 0 Å². The monoisotopic (exact) mass is 172 g/mol. The topological polar surface area (TPSA) is 0 Å². The van der Waals surface area contributed by atoms with Crippen LogP contribution in [0.2, 0.25) is 0 Å². The van der Waals surface area contributed by atoms with E-state index < -0.39 is 0 Å². The average molecular weight is 172 g/mol. The third kappa shape index (κ3) is 1.82. The first-order valence-electron chi connectivity index (χ1n) is 5.07. The van der Waals surface area contributed by atoms with Crippen molar-refractivity contribution >= 4 is 0 Å². The summed E-state index contributed by atoms with van der Waals surface area (Å²) < 4.78 is 0. The fourth-order valence-corrected chi connectivity index (χ4v) is 2.26. The molecular formula is C13H16. The van der Waals surface area contributed by atoms with Crippen LogP contribution in [0.25, 0.3) is 0 Å². The van der Waals surface area contributed by atoms with Gasteiger partial charge in [0.25, 0.3) is 0 Å². The number of allylic oxidation sites excluding steroid dienone is 1. The Bertz CT molecular complexity index is 273. The summed E-state index contributed by atoms with van der Waals surface area (Å²) in [6.45, 7) is 3.87. The summed E-state index contributed by atoms with van der Waals surface area (Å²) in [6, 6.07) is 10.9. The van der Waals surface area contributed by atoms with Crippen molar-refractivity contribution in [1.29, 1.82) is 0 Å². The van der Waals surface area contributed by atoms with E-state index >= 15 is 0 Å². The molecule has 1 fully saturated rings. The molecule has 0 saturated heterocycles. The molecule has 1 aromatic rings. The van der Waals surface area contributed by atoms with E-state index in [-0.39, 0.29) is 0 Å². The second-order valence-electron chi connectivity index (χ2n) is 3.92. The Hall–Kier alpha value is -1.04. The molecule has 0 radical (unpaired) electrons. The van der Waals surface area contributed by atoms with Crippen molar-refractivity contribution in [2.45, 2.75) is 25.2 Å². The molecule has 2 unspecified atom stereocenters. The smallest absolute Gasteiger partial charge is 0.0156 e. The van der Waals surface area contributed by atoms with Crippen molar-refractivity contribution in [2.75, 3.05) is 0 Å². The zero-order chi connectivity index (χ0) is 9.10. The lowest BCUT2D eigenvalue weighted by Crippen LogP contribution is -1.92. The van der Waals surface area contributed by atoms with Crippen LogP contribution in [0.4, 0.5) is 0 Å². The predicted octanol–water partition coefficient (Wildman–Crippen LogP) is 3.76. The maximum absolute atomic E-state index is 3.87. The Morgan fingerprint density at radius 2 is 1.92 bits per heavy atom. The summed E-state index contributed by atoms with van der Waals surface area (Å²) in [7, 11) is 0. The Labute approximate surface area is 80.3 Å². The zero-order valence-electron chi connectivity index (χ0n) is 7.95. The molecule has 1 aliphatic rings. The zero-order valence-corrected chi connectivity index (χ0v) is 7.95. The van der Waals surface area contributed by atoms with Gasteiger partial charge in [0, 0.05) is 0 Å². The van der Waals surface area contributed by atoms with Gasteiger partial charge < -0.3 is 0 Å². The van der Waals surface area contributed by atoms with E-state index in [1.807, 2.05) is 0 Å². The second-order valence-corrected chi connectivity index (χ2v) is 3.92. The average Bonchev–Trinajstić information content (AvgIpc) is 2.67. The van der Waals surface area contributed by atoms with Crippen LogP contribution < -0.4 is 0 Å². The largest absolute Gasteiger partial charge is 0.103 e. The lowest BCUT2D eigenvalue weighted by molar-refractivity contribution is 0.660. The van der Waals surface area contributed by atoms with Gasteiger partial charge >= 0.3 is 0 Å². The van der Waals surface area contributed by atoms with Crippen LogP contribution in [0.15, 0.2) is 43.0 Å². The summed E-state index contributed by atoms with van der Waals surface area (Å²) in [5, 5.41) is 0. The summed E-state index contributed by atoms with van der Waals surface area (Å²) in [5.74, 6) is 1.54. The maximum atomic E-state index is 3.87. The molecule has 0 heterocycles. The maximum Gasteiger partial charge on any atom is -0.0156 e. The van der Waals surface area contributed by atoms with Crippen molar-refractivity contribution < 1.29 is 0 Å². The summed E-state index contributed by atoms with van der Waals surface area (Å²) in [4.78, 5) is 0. The standard InChI is InChI=1S/C13H16/c1-2-11-8-9-13(10-11)12-6-4-3-5-7-12/h2-7,11,13H,1,8-10H2. The Balaban J connectivity index is 2.08. The van der Waals surface area contributed by atoms with Crippen LogP contribution in [0.5, 0.6) is 0 Å². The third-order valence-corrected chi connectivity index (χ3v) is 3.08. The molecule has 0 bridgehead atoms. The summed E-state index contributed by atoms with van der Waals surface area (Å²) in [5.41, 5.74) is 1.51. The lowest BCUT2D eigenvalue weighted by atomic mass is 9.96. The van der Waals surface area contributed by atoms with E-state index in [1.165, 1.54) is 24.8 Å². The number of rotatable bonds is 2. The number of benzene rings is 1. The summed E-state index contributed by atoms with van der Waals surface area (Å²) in [6.07, 6.45) is 6.07. The van der Waals surface area contributed by atoms with E-state index in [4.69, 9.17) is 0 Å². The Kier molecular flexibility index (Phi) is 2.49. The molecule has 0 amide bonds. The molecule has 1 aliphatic carbocycles. The summed E-state index contributed by atoms with van der Waals surface area (Å²) >= 11 is 0. The van der Waals surface area contributed by atoms with Crippen LogP contribution >= 0.6 is 0 Å². The van der Waals surface area contributed by atoms with Gasteiger partial charge in [-0.05, 0) is 36.7 Å². The van der Waals surface area contributed by atoms with Gasteiger partial charge in [-0.15, -0.1) is 6.58 Å². The SMILES string of the molecule is C=CC1CCC(c2ccccc2)C1. The molecule has 0 aromatic heterocycles. The Morgan fingerprint density at radius 1 is 1.15 bits per heavy atom. The molecule has 0 aliphatic heterocycles. The first-order valence-corrected chi connectivity index (χ1v) is 5.07. The Morgan fingerprint density at radius 3 is 2.54 bits per heavy atom. The minimum absolute atomic E-state index is 0.755. The van der Waals surface area contributed by atoms with Crippen molar-refractivity contribution in [3.63, 3.8) is 0 Å². The molecule has 2 atom stereocenters. The fourth-order valence-electron chi connectivity index (χ4n) is 2.26. The van der Waals surface area contributed by atoms with E-state index in [0.717, 1.165) is 11.8 Å². The van der Waals surface area contributed by atoms with Gasteiger partial charge in [-0.1, -0.05) is 36.4 Å². The highest BCUT2D eigenvalue weighted by Crippen LogP contribution is 2.38. The van der Waals surface area contributed by atoms with Gasteiger partial charge in [0.2, 0.25) is 0 Å². The molecule has 2 rings (SSSR count). The molecule has 0 heteroatoms. The van der Waals surface area contributed by atoms with Crippen LogP contribution in [-0.2, 0) is 0 Å². The minimum atomic E-state index is 0.755. The molecule has 13 heavy (non-hydrogen) atoms. The van der Waals surface area contributed by atoms with Crippen LogP contribution in [-0.4, -0.2) is 0 Å². The second kappa shape index (κ2) is 3.78. The third-order valence-electron chi connectivity index (χ3n) is 3.08. The van der Waals surface area contributed by atoms with Gasteiger partial charge in [-0.25, -0.2) is 0 Å². The quantitative estimate of drug-likeness (QED) is 0.596. The lowest BCUT2D eigenvalue weighted by Gasteiger charge is -2.08. The van der Waals surface area contributed by atoms with E-state index in [0.29, 0.717) is 0 Å². The van der Waals surface area contributed by atoms with Crippen molar-refractivity contribution in [1.82, 2.24) is 0 Å². The molecule has 1 aromatic carbocycles. The first-order chi connectivity index (χ1) is 6.40. The molecule has 0 spiro atoms. The van der Waals surface area contributed by atoms with Crippen molar-refractivity contribution in [2.24, 2.45) is 5.92 Å². The molecular weight excluding hydrogens is 156 g/mol. The number of hydrogen-bond acceptors (Lipinski definition) is 0. The molecule has 0 nitrogen and oxygen atoms in total. The van der Waals surface area contributed by atoms with Gasteiger partial charge in [0.05, 0.1) is 0 Å². The van der Waals surface area contributed by atoms with E-state index in [1.54, 1.807) is 0 Å².